The summed E-state index contributed by atoms with van der Waals surface area (Å²) in [5.41, 5.74) is 5.39. The molecule has 4 heterocycles. The third kappa shape index (κ3) is 3.12. The van der Waals surface area contributed by atoms with Crippen LogP contribution in [-0.2, 0) is 7.05 Å². The van der Waals surface area contributed by atoms with E-state index in [1.54, 1.807) is 4.68 Å². The molecule has 2 aliphatic rings. The number of benzene rings is 1. The smallest absolute Gasteiger partial charge is 0.254 e. The second-order valence-corrected chi connectivity index (χ2v) is 8.41. The van der Waals surface area contributed by atoms with Gasteiger partial charge in [-0.25, -0.2) is 4.98 Å². The SMILES string of the molecule is Cc1ccc(-c2cc(C(=O)N3CCN4CCCC4C3)c3c(C)nn(C)c3n2)cc1. The quantitative estimate of drug-likeness (QED) is 0.676. The lowest BCUT2D eigenvalue weighted by molar-refractivity contribution is 0.0573. The van der Waals surface area contributed by atoms with E-state index in [9.17, 15) is 4.79 Å². The van der Waals surface area contributed by atoms with E-state index >= 15 is 0 Å². The van der Waals surface area contributed by atoms with Gasteiger partial charge in [0.25, 0.3) is 5.91 Å². The summed E-state index contributed by atoms with van der Waals surface area (Å²) >= 11 is 0. The number of pyridine rings is 1. The van der Waals surface area contributed by atoms with Crippen molar-refractivity contribution in [3.63, 3.8) is 0 Å². The van der Waals surface area contributed by atoms with Crippen molar-refractivity contribution < 1.29 is 4.79 Å². The largest absolute Gasteiger partial charge is 0.336 e. The first-order chi connectivity index (χ1) is 14.0. The molecule has 0 spiro atoms. The van der Waals surface area contributed by atoms with Crippen molar-refractivity contribution >= 4 is 16.9 Å². The van der Waals surface area contributed by atoms with Gasteiger partial charge in [0.15, 0.2) is 5.65 Å². The van der Waals surface area contributed by atoms with E-state index in [4.69, 9.17) is 4.98 Å². The van der Waals surface area contributed by atoms with Gasteiger partial charge in [-0.05, 0) is 39.3 Å². The standard InChI is InChI=1S/C23H27N5O/c1-15-6-8-17(9-7-15)20-13-19(21-16(2)25-26(3)22(21)24-20)23(29)28-12-11-27-10-4-5-18(27)14-28/h6-9,13,18H,4-5,10-12,14H2,1-3H3. The highest BCUT2D eigenvalue weighted by atomic mass is 16.2. The zero-order valence-electron chi connectivity index (χ0n) is 17.4. The summed E-state index contributed by atoms with van der Waals surface area (Å²) in [6, 6.07) is 10.8. The first kappa shape index (κ1) is 18.3. The maximum atomic E-state index is 13.6. The van der Waals surface area contributed by atoms with Crippen LogP contribution in [0.15, 0.2) is 30.3 Å². The zero-order chi connectivity index (χ0) is 20.1. The highest BCUT2D eigenvalue weighted by Gasteiger charge is 2.33. The average Bonchev–Trinajstić information content (AvgIpc) is 3.31. The number of nitrogens with zero attached hydrogens (tertiary/aromatic N) is 5. The van der Waals surface area contributed by atoms with Gasteiger partial charge in [-0.3, -0.25) is 14.4 Å². The van der Waals surface area contributed by atoms with Gasteiger partial charge in [-0.2, -0.15) is 5.10 Å². The van der Waals surface area contributed by atoms with Gasteiger partial charge >= 0.3 is 0 Å². The fourth-order valence-corrected chi connectivity index (χ4v) is 4.83. The van der Waals surface area contributed by atoms with E-state index in [-0.39, 0.29) is 5.91 Å². The molecule has 0 saturated carbocycles. The van der Waals surface area contributed by atoms with Crippen LogP contribution in [0, 0.1) is 13.8 Å². The minimum absolute atomic E-state index is 0.105. The van der Waals surface area contributed by atoms with Crippen molar-refractivity contribution in [2.75, 3.05) is 26.2 Å². The van der Waals surface area contributed by atoms with Gasteiger partial charge < -0.3 is 4.90 Å². The normalized spacial score (nSPS) is 19.7. The van der Waals surface area contributed by atoms with Crippen molar-refractivity contribution in [2.24, 2.45) is 7.05 Å². The van der Waals surface area contributed by atoms with Gasteiger partial charge in [0.05, 0.1) is 22.3 Å². The van der Waals surface area contributed by atoms with E-state index in [2.05, 4.69) is 41.2 Å². The molecular weight excluding hydrogens is 362 g/mol. The number of aryl methyl sites for hydroxylation is 3. The third-order valence-corrected chi connectivity index (χ3v) is 6.42. The Balaban J connectivity index is 1.59. The van der Waals surface area contributed by atoms with Crippen molar-refractivity contribution in [3.05, 3.63) is 47.2 Å². The van der Waals surface area contributed by atoms with Crippen LogP contribution in [0.4, 0.5) is 0 Å². The van der Waals surface area contributed by atoms with E-state index in [1.807, 2.05) is 24.9 Å². The van der Waals surface area contributed by atoms with Gasteiger partial charge in [0.2, 0.25) is 0 Å². The van der Waals surface area contributed by atoms with E-state index in [0.717, 1.165) is 53.2 Å². The van der Waals surface area contributed by atoms with E-state index in [0.29, 0.717) is 6.04 Å². The van der Waals surface area contributed by atoms with Crippen molar-refractivity contribution in [1.29, 1.82) is 0 Å². The molecule has 2 saturated heterocycles. The van der Waals surface area contributed by atoms with Gasteiger partial charge in [-0.15, -0.1) is 0 Å². The van der Waals surface area contributed by atoms with Crippen LogP contribution in [-0.4, -0.2) is 62.7 Å². The predicted octanol–water partition coefficient (Wildman–Crippen LogP) is 3.17. The Hall–Kier alpha value is -2.73. The van der Waals surface area contributed by atoms with Crippen LogP contribution >= 0.6 is 0 Å². The number of piperazine rings is 1. The summed E-state index contributed by atoms with van der Waals surface area (Å²) in [7, 11) is 1.90. The molecule has 0 N–H and O–H groups in total. The fourth-order valence-electron chi connectivity index (χ4n) is 4.83. The Labute approximate surface area is 171 Å². The summed E-state index contributed by atoms with van der Waals surface area (Å²) < 4.78 is 1.79. The second kappa shape index (κ2) is 6.95. The van der Waals surface area contributed by atoms with Crippen LogP contribution in [0.3, 0.4) is 0 Å². The molecule has 5 rings (SSSR count). The molecule has 2 aliphatic heterocycles. The first-order valence-corrected chi connectivity index (χ1v) is 10.5. The number of hydrogen-bond acceptors (Lipinski definition) is 4. The predicted molar refractivity (Wildman–Crippen MR) is 114 cm³/mol. The Morgan fingerprint density at radius 1 is 1.10 bits per heavy atom. The maximum Gasteiger partial charge on any atom is 0.254 e. The topological polar surface area (TPSA) is 54.3 Å². The Morgan fingerprint density at radius 3 is 2.69 bits per heavy atom. The molecule has 3 aromatic rings. The molecule has 1 atom stereocenters. The Bertz CT molecular complexity index is 1080. The molecule has 1 amide bonds. The molecule has 6 nitrogen and oxygen atoms in total. The van der Waals surface area contributed by atoms with Crippen LogP contribution in [0.2, 0.25) is 0 Å². The Morgan fingerprint density at radius 2 is 1.90 bits per heavy atom. The van der Waals surface area contributed by atoms with E-state index < -0.39 is 0 Å². The van der Waals surface area contributed by atoms with Crippen LogP contribution in [0.5, 0.6) is 0 Å². The summed E-state index contributed by atoms with van der Waals surface area (Å²) in [5.74, 6) is 0.105. The van der Waals surface area contributed by atoms with Crippen LogP contribution in [0.1, 0.15) is 34.5 Å². The highest BCUT2D eigenvalue weighted by Crippen LogP contribution is 2.29. The molecule has 2 aromatic heterocycles. The lowest BCUT2D eigenvalue weighted by Crippen LogP contribution is -2.52. The van der Waals surface area contributed by atoms with Crippen molar-refractivity contribution in [1.82, 2.24) is 24.6 Å². The average molecular weight is 390 g/mol. The molecule has 0 radical (unpaired) electrons. The molecular formula is C23H27N5O. The summed E-state index contributed by atoms with van der Waals surface area (Å²) in [6.45, 7) is 7.79. The number of rotatable bonds is 2. The van der Waals surface area contributed by atoms with Crippen LogP contribution in [0.25, 0.3) is 22.3 Å². The summed E-state index contributed by atoms with van der Waals surface area (Å²) in [4.78, 5) is 23.1. The molecule has 2 fully saturated rings. The second-order valence-electron chi connectivity index (χ2n) is 8.41. The number of aromatic nitrogens is 3. The zero-order valence-corrected chi connectivity index (χ0v) is 17.4. The van der Waals surface area contributed by atoms with E-state index in [1.165, 1.54) is 24.9 Å². The number of carbonyl (C=O) groups is 1. The molecule has 0 bridgehead atoms. The first-order valence-electron chi connectivity index (χ1n) is 10.5. The molecule has 29 heavy (non-hydrogen) atoms. The fraction of sp³-hybridized carbons (Fsp3) is 0.435. The van der Waals surface area contributed by atoms with Crippen LogP contribution < -0.4 is 0 Å². The number of amides is 1. The number of hydrogen-bond donors (Lipinski definition) is 0. The minimum atomic E-state index is 0.105. The molecule has 1 unspecified atom stereocenters. The van der Waals surface area contributed by atoms with Gasteiger partial charge in [-0.1, -0.05) is 29.8 Å². The minimum Gasteiger partial charge on any atom is -0.336 e. The molecule has 150 valence electrons. The highest BCUT2D eigenvalue weighted by molar-refractivity contribution is 6.07. The lowest BCUT2D eigenvalue weighted by Gasteiger charge is -2.37. The molecule has 1 aromatic carbocycles. The number of carbonyl (C=O) groups excluding carboxylic acids is 1. The Kier molecular flexibility index (Phi) is 4.39. The van der Waals surface area contributed by atoms with Crippen molar-refractivity contribution in [2.45, 2.75) is 32.7 Å². The lowest BCUT2D eigenvalue weighted by atomic mass is 10.0. The monoisotopic (exact) mass is 389 g/mol. The number of fused-ring (bicyclic) bond motifs is 2. The van der Waals surface area contributed by atoms with Gasteiger partial charge in [0, 0.05) is 38.3 Å². The summed E-state index contributed by atoms with van der Waals surface area (Å²) in [6.07, 6.45) is 2.43. The van der Waals surface area contributed by atoms with Crippen molar-refractivity contribution in [3.8, 4) is 11.3 Å². The van der Waals surface area contributed by atoms with Gasteiger partial charge in [0.1, 0.15) is 0 Å². The maximum absolute atomic E-state index is 13.6. The summed E-state index contributed by atoms with van der Waals surface area (Å²) in [5, 5.41) is 5.43. The molecule has 0 aliphatic carbocycles. The third-order valence-electron chi connectivity index (χ3n) is 6.42. The molecule has 6 heteroatoms.